The van der Waals surface area contributed by atoms with Crippen LogP contribution in [0.15, 0.2) is 10.8 Å². The van der Waals surface area contributed by atoms with Gasteiger partial charge < -0.3 is 15.0 Å². The highest BCUT2D eigenvalue weighted by Crippen LogP contribution is 2.47. The van der Waals surface area contributed by atoms with Crippen LogP contribution in [-0.2, 0) is 10.2 Å². The van der Waals surface area contributed by atoms with Crippen molar-refractivity contribution in [2.24, 2.45) is 5.73 Å². The molecule has 0 bridgehead atoms. The molecule has 0 aromatic carbocycles. The Labute approximate surface area is 100 Å². The lowest BCUT2D eigenvalue weighted by Gasteiger charge is -2.19. The quantitative estimate of drug-likeness (QED) is 0.809. The van der Waals surface area contributed by atoms with Gasteiger partial charge in [-0.05, 0) is 33.6 Å². The van der Waals surface area contributed by atoms with Crippen LogP contribution in [0.4, 0.5) is 0 Å². The second-order valence-electron chi connectivity index (χ2n) is 5.56. The molecule has 1 heterocycles. The third-order valence-electron chi connectivity index (χ3n) is 2.94. The van der Waals surface area contributed by atoms with Crippen LogP contribution in [0, 0.1) is 0 Å². The number of hydrogen-bond donors (Lipinski definition) is 1. The minimum absolute atomic E-state index is 0.167. The van der Waals surface area contributed by atoms with Gasteiger partial charge in [-0.2, -0.15) is 0 Å². The minimum atomic E-state index is -0.523. The third-order valence-corrected chi connectivity index (χ3v) is 2.94. The van der Waals surface area contributed by atoms with Crippen LogP contribution in [-0.4, -0.2) is 23.3 Å². The van der Waals surface area contributed by atoms with Gasteiger partial charge in [0, 0.05) is 12.0 Å². The summed E-state index contributed by atoms with van der Waals surface area (Å²) < 4.78 is 10.2. The van der Waals surface area contributed by atoms with Crippen molar-refractivity contribution in [3.63, 3.8) is 0 Å². The number of aromatic nitrogens is 1. The summed E-state index contributed by atoms with van der Waals surface area (Å²) in [5, 5.41) is 3.92. The fraction of sp³-hybridized carbons (Fsp3) is 0.667. The smallest absolute Gasteiger partial charge is 0.343 e. The van der Waals surface area contributed by atoms with Gasteiger partial charge in [-0.15, -0.1) is 0 Å². The molecule has 0 amide bonds. The molecular formula is C12H18N2O3. The van der Waals surface area contributed by atoms with Crippen molar-refractivity contribution >= 4 is 5.97 Å². The Hall–Kier alpha value is -1.36. The highest BCUT2D eigenvalue weighted by atomic mass is 16.6. The van der Waals surface area contributed by atoms with E-state index in [1.807, 2.05) is 20.8 Å². The Morgan fingerprint density at radius 3 is 2.71 bits per heavy atom. The molecule has 1 aromatic heterocycles. The Morgan fingerprint density at radius 2 is 2.24 bits per heavy atom. The van der Waals surface area contributed by atoms with Crippen molar-refractivity contribution in [3.05, 3.63) is 17.5 Å². The van der Waals surface area contributed by atoms with Gasteiger partial charge in [-0.3, -0.25) is 0 Å². The SMILES string of the molecule is CC(C)(C)OC(=O)c1conc1C1(CN)CC1. The first kappa shape index (κ1) is 12.1. The van der Waals surface area contributed by atoms with E-state index in [1.165, 1.54) is 6.26 Å². The number of nitrogens with two attached hydrogens (primary N) is 1. The van der Waals surface area contributed by atoms with Crippen molar-refractivity contribution < 1.29 is 14.1 Å². The van der Waals surface area contributed by atoms with Gasteiger partial charge in [0.1, 0.15) is 23.1 Å². The van der Waals surface area contributed by atoms with Crippen molar-refractivity contribution in [2.45, 2.75) is 44.6 Å². The monoisotopic (exact) mass is 238 g/mol. The van der Waals surface area contributed by atoms with E-state index >= 15 is 0 Å². The molecular weight excluding hydrogens is 220 g/mol. The maximum Gasteiger partial charge on any atom is 0.343 e. The van der Waals surface area contributed by atoms with E-state index in [0.29, 0.717) is 17.8 Å². The van der Waals surface area contributed by atoms with E-state index in [9.17, 15) is 4.79 Å². The predicted molar refractivity (Wildman–Crippen MR) is 61.6 cm³/mol. The molecule has 0 aliphatic heterocycles. The Morgan fingerprint density at radius 1 is 1.59 bits per heavy atom. The number of nitrogens with zero attached hydrogens (tertiary/aromatic N) is 1. The summed E-state index contributed by atoms with van der Waals surface area (Å²) in [4.78, 5) is 12.0. The summed E-state index contributed by atoms with van der Waals surface area (Å²) in [5.41, 5.74) is 6.09. The zero-order chi connectivity index (χ0) is 12.7. The predicted octanol–water partition coefficient (Wildman–Crippen LogP) is 1.62. The molecule has 1 saturated carbocycles. The van der Waals surface area contributed by atoms with Crippen molar-refractivity contribution in [1.29, 1.82) is 0 Å². The van der Waals surface area contributed by atoms with E-state index in [2.05, 4.69) is 5.16 Å². The maximum atomic E-state index is 12.0. The lowest BCUT2D eigenvalue weighted by Crippen LogP contribution is -2.27. The lowest BCUT2D eigenvalue weighted by atomic mass is 9.99. The summed E-state index contributed by atoms with van der Waals surface area (Å²) >= 11 is 0. The molecule has 94 valence electrons. The fourth-order valence-electron chi connectivity index (χ4n) is 1.79. The molecule has 0 atom stereocenters. The maximum absolute atomic E-state index is 12.0. The second kappa shape index (κ2) is 3.84. The molecule has 0 unspecified atom stereocenters. The van der Waals surface area contributed by atoms with Crippen LogP contribution >= 0.6 is 0 Å². The molecule has 17 heavy (non-hydrogen) atoms. The van der Waals surface area contributed by atoms with Gasteiger partial charge in [0.15, 0.2) is 0 Å². The van der Waals surface area contributed by atoms with Gasteiger partial charge in [-0.1, -0.05) is 5.16 Å². The number of ether oxygens (including phenoxy) is 1. The summed E-state index contributed by atoms with van der Waals surface area (Å²) in [6.07, 6.45) is 3.25. The van der Waals surface area contributed by atoms with Crippen molar-refractivity contribution in [1.82, 2.24) is 5.16 Å². The molecule has 2 rings (SSSR count). The third kappa shape index (κ3) is 2.34. The summed E-state index contributed by atoms with van der Waals surface area (Å²) in [7, 11) is 0. The van der Waals surface area contributed by atoms with E-state index in [0.717, 1.165) is 12.8 Å². The topological polar surface area (TPSA) is 78.3 Å². The van der Waals surface area contributed by atoms with E-state index in [-0.39, 0.29) is 5.41 Å². The molecule has 2 N–H and O–H groups in total. The van der Waals surface area contributed by atoms with Crippen molar-refractivity contribution in [3.8, 4) is 0 Å². The lowest BCUT2D eigenvalue weighted by molar-refractivity contribution is 0.00671. The van der Waals surface area contributed by atoms with Crippen LogP contribution in [0.5, 0.6) is 0 Å². The van der Waals surface area contributed by atoms with E-state index in [1.54, 1.807) is 0 Å². The van der Waals surface area contributed by atoms with Gasteiger partial charge in [0.25, 0.3) is 0 Å². The second-order valence-corrected chi connectivity index (χ2v) is 5.56. The van der Waals surface area contributed by atoms with Crippen LogP contribution in [0.1, 0.15) is 49.7 Å². The van der Waals surface area contributed by atoms with E-state index in [4.69, 9.17) is 15.0 Å². The molecule has 1 aliphatic carbocycles. The minimum Gasteiger partial charge on any atom is -0.456 e. The molecule has 0 saturated heterocycles. The van der Waals surface area contributed by atoms with Gasteiger partial charge in [0.05, 0.1) is 0 Å². The molecule has 1 fully saturated rings. The average molecular weight is 238 g/mol. The van der Waals surface area contributed by atoms with Gasteiger partial charge >= 0.3 is 5.97 Å². The molecule has 0 spiro atoms. The largest absolute Gasteiger partial charge is 0.456 e. The molecule has 5 nitrogen and oxygen atoms in total. The number of rotatable bonds is 3. The standard InChI is InChI=1S/C12H18N2O3/c1-11(2,3)17-10(15)8-6-16-14-9(8)12(7-13)4-5-12/h6H,4-5,7,13H2,1-3H3. The van der Waals surface area contributed by atoms with E-state index < -0.39 is 11.6 Å². The average Bonchev–Trinajstić information content (AvgIpc) is 2.85. The first-order chi connectivity index (χ1) is 7.88. The number of esters is 1. The summed E-state index contributed by atoms with van der Waals surface area (Å²) in [6, 6.07) is 0. The van der Waals surface area contributed by atoms with Crippen LogP contribution in [0.3, 0.4) is 0 Å². The van der Waals surface area contributed by atoms with Gasteiger partial charge in [0.2, 0.25) is 0 Å². The fourth-order valence-corrected chi connectivity index (χ4v) is 1.79. The molecule has 1 aromatic rings. The van der Waals surface area contributed by atoms with Crippen LogP contribution in [0.25, 0.3) is 0 Å². The Balaban J connectivity index is 2.23. The normalized spacial score (nSPS) is 17.9. The molecule has 1 aliphatic rings. The number of carbonyl (C=O) groups is 1. The number of hydrogen-bond acceptors (Lipinski definition) is 5. The molecule has 5 heteroatoms. The Bertz CT molecular complexity index is 427. The zero-order valence-electron chi connectivity index (χ0n) is 10.4. The summed E-state index contributed by atoms with van der Waals surface area (Å²) in [6.45, 7) is 5.96. The van der Waals surface area contributed by atoms with Crippen molar-refractivity contribution in [2.75, 3.05) is 6.54 Å². The first-order valence-electron chi connectivity index (χ1n) is 5.76. The van der Waals surface area contributed by atoms with Crippen LogP contribution in [0.2, 0.25) is 0 Å². The van der Waals surface area contributed by atoms with Crippen LogP contribution < -0.4 is 5.73 Å². The molecule has 0 radical (unpaired) electrons. The number of carbonyl (C=O) groups excluding carboxylic acids is 1. The Kier molecular flexibility index (Phi) is 2.73. The summed E-state index contributed by atoms with van der Waals surface area (Å²) in [5.74, 6) is -0.395. The van der Waals surface area contributed by atoms with Gasteiger partial charge in [-0.25, -0.2) is 4.79 Å². The highest BCUT2D eigenvalue weighted by Gasteiger charge is 2.48. The highest BCUT2D eigenvalue weighted by molar-refractivity contribution is 5.91. The zero-order valence-corrected chi connectivity index (χ0v) is 10.4. The first-order valence-corrected chi connectivity index (χ1v) is 5.76.